The number of hydrogen-bond acceptors (Lipinski definition) is 3. The van der Waals surface area contributed by atoms with Crippen LogP contribution in [0.25, 0.3) is 0 Å². The highest BCUT2D eigenvalue weighted by atomic mass is 127. The van der Waals surface area contributed by atoms with Crippen molar-refractivity contribution in [2.24, 2.45) is 4.99 Å². The summed E-state index contributed by atoms with van der Waals surface area (Å²) in [5.74, 6) is 2.09. The minimum absolute atomic E-state index is 0. The molecule has 0 fully saturated rings. The lowest BCUT2D eigenvalue weighted by atomic mass is 9.99. The van der Waals surface area contributed by atoms with Crippen LogP contribution in [0.4, 0.5) is 0 Å². The van der Waals surface area contributed by atoms with Crippen LogP contribution in [0.15, 0.2) is 35.6 Å². The summed E-state index contributed by atoms with van der Waals surface area (Å²) in [5, 5.41) is 14.8. The third-order valence-electron chi connectivity index (χ3n) is 3.95. The standard InChI is InChI=1S/C18H28N6.HI/c1-5-19-18(21-12-17-23-22-13-24(17)6-2)20-11-15(4)16-9-7-8-14(3)10-16;/h7-10,13,15H,5-6,11-12H2,1-4H3,(H2,19,20,21);1H. The molecule has 0 radical (unpaired) electrons. The number of guanidine groups is 1. The Morgan fingerprint density at radius 3 is 2.76 bits per heavy atom. The minimum atomic E-state index is 0. The van der Waals surface area contributed by atoms with Crippen LogP contribution in [0, 0.1) is 6.92 Å². The lowest BCUT2D eigenvalue weighted by Crippen LogP contribution is -2.39. The number of benzene rings is 1. The first-order valence-electron chi connectivity index (χ1n) is 8.59. The number of aryl methyl sites for hydroxylation is 2. The van der Waals surface area contributed by atoms with E-state index >= 15 is 0 Å². The van der Waals surface area contributed by atoms with Gasteiger partial charge in [0.25, 0.3) is 0 Å². The zero-order chi connectivity index (χ0) is 17.4. The van der Waals surface area contributed by atoms with Gasteiger partial charge in [-0.2, -0.15) is 0 Å². The largest absolute Gasteiger partial charge is 0.357 e. The van der Waals surface area contributed by atoms with Crippen molar-refractivity contribution in [2.75, 3.05) is 13.1 Å². The Balaban J connectivity index is 0.00000312. The molecule has 1 aromatic carbocycles. The van der Waals surface area contributed by atoms with Crippen LogP contribution in [0.3, 0.4) is 0 Å². The van der Waals surface area contributed by atoms with Crippen LogP contribution in [0.2, 0.25) is 0 Å². The van der Waals surface area contributed by atoms with Gasteiger partial charge in [0.1, 0.15) is 12.9 Å². The van der Waals surface area contributed by atoms with E-state index in [4.69, 9.17) is 0 Å². The quantitative estimate of drug-likeness (QED) is 0.382. The van der Waals surface area contributed by atoms with Crippen LogP contribution < -0.4 is 10.6 Å². The minimum Gasteiger partial charge on any atom is -0.357 e. The molecule has 138 valence electrons. The first-order chi connectivity index (χ1) is 11.6. The van der Waals surface area contributed by atoms with Crippen molar-refractivity contribution >= 4 is 29.9 Å². The van der Waals surface area contributed by atoms with E-state index in [0.717, 1.165) is 31.4 Å². The maximum Gasteiger partial charge on any atom is 0.191 e. The molecular weight excluding hydrogens is 427 g/mol. The summed E-state index contributed by atoms with van der Waals surface area (Å²) in [6.45, 7) is 11.5. The molecule has 7 heteroatoms. The van der Waals surface area contributed by atoms with Crippen molar-refractivity contribution in [1.29, 1.82) is 0 Å². The number of hydrogen-bond donors (Lipinski definition) is 2. The summed E-state index contributed by atoms with van der Waals surface area (Å²) >= 11 is 0. The molecule has 0 aliphatic carbocycles. The van der Waals surface area contributed by atoms with Gasteiger partial charge < -0.3 is 15.2 Å². The van der Waals surface area contributed by atoms with E-state index in [2.05, 4.69) is 77.8 Å². The molecule has 0 saturated heterocycles. The van der Waals surface area contributed by atoms with Crippen LogP contribution in [0.5, 0.6) is 0 Å². The highest BCUT2D eigenvalue weighted by molar-refractivity contribution is 14.0. The van der Waals surface area contributed by atoms with E-state index in [0.29, 0.717) is 12.5 Å². The van der Waals surface area contributed by atoms with Gasteiger partial charge in [-0.05, 0) is 32.3 Å². The lowest BCUT2D eigenvalue weighted by Gasteiger charge is -2.16. The zero-order valence-corrected chi connectivity index (χ0v) is 17.8. The number of aromatic nitrogens is 3. The second-order valence-electron chi connectivity index (χ2n) is 5.92. The summed E-state index contributed by atoms with van der Waals surface area (Å²) in [6, 6.07) is 8.64. The van der Waals surface area contributed by atoms with E-state index < -0.39 is 0 Å². The summed E-state index contributed by atoms with van der Waals surface area (Å²) < 4.78 is 2.00. The van der Waals surface area contributed by atoms with Gasteiger partial charge >= 0.3 is 0 Å². The van der Waals surface area contributed by atoms with E-state index in [9.17, 15) is 0 Å². The van der Waals surface area contributed by atoms with Crippen molar-refractivity contribution in [2.45, 2.75) is 46.7 Å². The first-order valence-corrected chi connectivity index (χ1v) is 8.59. The summed E-state index contributed by atoms with van der Waals surface area (Å²) in [7, 11) is 0. The number of nitrogens with one attached hydrogen (secondary N) is 2. The lowest BCUT2D eigenvalue weighted by molar-refractivity contribution is 0.681. The Morgan fingerprint density at radius 1 is 1.28 bits per heavy atom. The highest BCUT2D eigenvalue weighted by Crippen LogP contribution is 2.15. The molecule has 0 aliphatic heterocycles. The number of nitrogens with zero attached hydrogens (tertiary/aromatic N) is 4. The van der Waals surface area contributed by atoms with Gasteiger partial charge in [0.15, 0.2) is 11.8 Å². The third kappa shape index (κ3) is 6.64. The second-order valence-corrected chi connectivity index (χ2v) is 5.92. The Morgan fingerprint density at radius 2 is 2.08 bits per heavy atom. The van der Waals surface area contributed by atoms with Crippen LogP contribution in [0.1, 0.15) is 43.6 Å². The van der Waals surface area contributed by atoms with Crippen molar-refractivity contribution in [1.82, 2.24) is 25.4 Å². The van der Waals surface area contributed by atoms with Crippen LogP contribution >= 0.6 is 24.0 Å². The molecule has 25 heavy (non-hydrogen) atoms. The summed E-state index contributed by atoms with van der Waals surface area (Å²) in [5.41, 5.74) is 2.63. The molecule has 0 amide bonds. The van der Waals surface area contributed by atoms with Crippen molar-refractivity contribution in [3.05, 3.63) is 47.5 Å². The number of rotatable bonds is 7. The molecule has 1 heterocycles. The molecule has 0 aliphatic rings. The van der Waals surface area contributed by atoms with Crippen molar-refractivity contribution < 1.29 is 0 Å². The van der Waals surface area contributed by atoms with E-state index in [1.165, 1.54) is 11.1 Å². The molecule has 1 aromatic heterocycles. The summed E-state index contributed by atoms with van der Waals surface area (Å²) in [4.78, 5) is 4.62. The van der Waals surface area contributed by atoms with Gasteiger partial charge in [-0.15, -0.1) is 34.2 Å². The smallest absolute Gasteiger partial charge is 0.191 e. The Bertz CT molecular complexity index is 667. The monoisotopic (exact) mass is 456 g/mol. The fourth-order valence-corrected chi connectivity index (χ4v) is 2.50. The van der Waals surface area contributed by atoms with Gasteiger partial charge in [-0.3, -0.25) is 0 Å². The van der Waals surface area contributed by atoms with Crippen molar-refractivity contribution in [3.8, 4) is 0 Å². The van der Waals surface area contributed by atoms with Gasteiger partial charge in [0.05, 0.1) is 0 Å². The predicted octanol–water partition coefficient (Wildman–Crippen LogP) is 3.08. The van der Waals surface area contributed by atoms with Gasteiger partial charge in [-0.1, -0.05) is 36.8 Å². The average Bonchev–Trinajstić information content (AvgIpc) is 3.04. The van der Waals surface area contributed by atoms with Gasteiger partial charge in [0, 0.05) is 19.6 Å². The van der Waals surface area contributed by atoms with E-state index in [-0.39, 0.29) is 24.0 Å². The van der Waals surface area contributed by atoms with E-state index in [1.54, 1.807) is 6.33 Å². The maximum absolute atomic E-state index is 4.62. The molecule has 0 bridgehead atoms. The average molecular weight is 456 g/mol. The molecule has 0 saturated carbocycles. The Labute approximate surface area is 167 Å². The van der Waals surface area contributed by atoms with Crippen molar-refractivity contribution in [3.63, 3.8) is 0 Å². The van der Waals surface area contributed by atoms with Gasteiger partial charge in [-0.25, -0.2) is 4.99 Å². The van der Waals surface area contributed by atoms with Gasteiger partial charge in [0.2, 0.25) is 0 Å². The maximum atomic E-state index is 4.62. The Kier molecular flexibility index (Phi) is 9.48. The SMILES string of the molecule is CCNC(=NCc1nncn1CC)NCC(C)c1cccc(C)c1.I. The molecule has 1 atom stereocenters. The molecular formula is C18H29IN6. The number of aliphatic imine (C=N–C) groups is 1. The molecule has 2 N–H and O–H groups in total. The topological polar surface area (TPSA) is 67.1 Å². The second kappa shape index (κ2) is 11.1. The van der Waals surface area contributed by atoms with Crippen LogP contribution in [-0.4, -0.2) is 33.8 Å². The predicted molar refractivity (Wildman–Crippen MR) is 114 cm³/mol. The Hall–Kier alpha value is -1.64. The third-order valence-corrected chi connectivity index (χ3v) is 3.95. The molecule has 2 rings (SSSR count). The first kappa shape index (κ1) is 21.4. The molecule has 1 unspecified atom stereocenters. The summed E-state index contributed by atoms with van der Waals surface area (Å²) in [6.07, 6.45) is 1.74. The van der Waals surface area contributed by atoms with Crippen LogP contribution in [-0.2, 0) is 13.1 Å². The molecule has 0 spiro atoms. The highest BCUT2D eigenvalue weighted by Gasteiger charge is 2.08. The zero-order valence-electron chi connectivity index (χ0n) is 15.5. The number of halogens is 1. The molecule has 2 aromatic rings. The fourth-order valence-electron chi connectivity index (χ4n) is 2.50. The van der Waals surface area contributed by atoms with E-state index in [1.807, 2.05) is 4.57 Å². The molecule has 6 nitrogen and oxygen atoms in total. The fraction of sp³-hybridized carbons (Fsp3) is 0.500. The normalized spacial score (nSPS) is 12.4.